The van der Waals surface area contributed by atoms with Crippen molar-refractivity contribution in [1.82, 2.24) is 19.5 Å². The quantitative estimate of drug-likeness (QED) is 0.253. The largest absolute Gasteiger partial charge is 0.481 e. The molecule has 3 heterocycles. The number of aromatic nitrogens is 4. The van der Waals surface area contributed by atoms with Gasteiger partial charge >= 0.3 is 0 Å². The van der Waals surface area contributed by atoms with Crippen molar-refractivity contribution in [2.24, 2.45) is 0 Å². The number of hydrogen-bond donors (Lipinski definition) is 4. The van der Waals surface area contributed by atoms with Crippen LogP contribution in [0.15, 0.2) is 36.7 Å². The van der Waals surface area contributed by atoms with E-state index in [-0.39, 0.29) is 12.4 Å². The summed E-state index contributed by atoms with van der Waals surface area (Å²) in [5.74, 6) is 7.38. The van der Waals surface area contributed by atoms with Gasteiger partial charge in [-0.05, 0) is 24.5 Å². The number of para-hydroxylation sites is 1. The van der Waals surface area contributed by atoms with Crippen LogP contribution in [-0.2, 0) is 4.74 Å². The number of anilines is 1. The van der Waals surface area contributed by atoms with E-state index in [1.165, 1.54) is 17.3 Å². The molecule has 1 saturated heterocycles. The molecule has 0 radical (unpaired) electrons. The van der Waals surface area contributed by atoms with Gasteiger partial charge in [0.15, 0.2) is 23.2 Å². The van der Waals surface area contributed by atoms with Gasteiger partial charge in [0, 0.05) is 6.54 Å². The van der Waals surface area contributed by atoms with E-state index in [1.54, 1.807) is 0 Å². The van der Waals surface area contributed by atoms with E-state index >= 15 is 0 Å². The van der Waals surface area contributed by atoms with Crippen LogP contribution in [-0.4, -0.2) is 72.9 Å². The molecule has 4 rings (SSSR count). The number of rotatable bonds is 10. The first-order valence-corrected chi connectivity index (χ1v) is 11.9. The lowest BCUT2D eigenvalue weighted by Gasteiger charge is -2.16. The van der Waals surface area contributed by atoms with E-state index in [4.69, 9.17) is 9.47 Å². The van der Waals surface area contributed by atoms with Crippen molar-refractivity contribution in [3.8, 4) is 17.6 Å². The number of aliphatic hydroxyl groups excluding tert-OH is 3. The van der Waals surface area contributed by atoms with Crippen molar-refractivity contribution in [1.29, 1.82) is 0 Å². The third kappa shape index (κ3) is 5.89. The molecule has 2 aromatic heterocycles. The third-order valence-electron chi connectivity index (χ3n) is 5.79. The predicted molar refractivity (Wildman–Crippen MR) is 130 cm³/mol. The molecule has 1 aliphatic rings. The maximum absolute atomic E-state index is 10.5. The minimum atomic E-state index is -1.25. The summed E-state index contributed by atoms with van der Waals surface area (Å²) >= 11 is 0. The van der Waals surface area contributed by atoms with E-state index in [2.05, 4.69) is 39.0 Å². The molecule has 1 aliphatic heterocycles. The van der Waals surface area contributed by atoms with Crippen molar-refractivity contribution in [2.45, 2.75) is 57.1 Å². The number of benzene rings is 1. The highest BCUT2D eigenvalue weighted by Gasteiger charge is 2.44. The van der Waals surface area contributed by atoms with Gasteiger partial charge in [0.2, 0.25) is 5.82 Å². The van der Waals surface area contributed by atoms with Crippen LogP contribution < -0.4 is 10.1 Å². The summed E-state index contributed by atoms with van der Waals surface area (Å²) in [6, 6.07) is 9.39. The number of aliphatic hydroxyl groups is 3. The van der Waals surface area contributed by atoms with Gasteiger partial charge in [0.05, 0.1) is 12.9 Å². The van der Waals surface area contributed by atoms with Crippen molar-refractivity contribution >= 4 is 17.0 Å². The van der Waals surface area contributed by atoms with Crippen molar-refractivity contribution in [2.75, 3.05) is 25.1 Å². The summed E-state index contributed by atoms with van der Waals surface area (Å²) in [5, 5.41) is 33.5. The monoisotopic (exact) mass is 481 g/mol. The van der Waals surface area contributed by atoms with Gasteiger partial charge < -0.3 is 30.1 Å². The number of unbranched alkanes of at least 4 members (excludes halogenated alkanes) is 3. The molecule has 0 aliphatic carbocycles. The summed E-state index contributed by atoms with van der Waals surface area (Å²) < 4.78 is 12.8. The van der Waals surface area contributed by atoms with E-state index in [0.717, 1.165) is 31.6 Å². The first kappa shape index (κ1) is 24.9. The molecule has 186 valence electrons. The maximum Gasteiger partial charge on any atom is 0.209 e. The Kier molecular flexibility index (Phi) is 8.50. The van der Waals surface area contributed by atoms with Crippen LogP contribution in [0.1, 0.15) is 44.7 Å². The smallest absolute Gasteiger partial charge is 0.209 e. The van der Waals surface area contributed by atoms with Crippen LogP contribution in [0.2, 0.25) is 0 Å². The molecule has 0 bridgehead atoms. The van der Waals surface area contributed by atoms with Gasteiger partial charge in [-0.1, -0.05) is 50.3 Å². The van der Waals surface area contributed by atoms with Crippen molar-refractivity contribution in [3.05, 3.63) is 42.5 Å². The average Bonchev–Trinajstić information content (AvgIpc) is 3.42. The Bertz CT molecular complexity index is 1160. The fourth-order valence-corrected chi connectivity index (χ4v) is 3.90. The molecule has 0 amide bonds. The minimum absolute atomic E-state index is 0.166. The number of nitrogens with one attached hydrogen (secondary N) is 1. The van der Waals surface area contributed by atoms with E-state index in [1.807, 2.05) is 30.3 Å². The van der Waals surface area contributed by atoms with Crippen LogP contribution in [0.4, 0.5) is 5.82 Å². The molecule has 10 nitrogen and oxygen atoms in total. The molecule has 1 fully saturated rings. The van der Waals surface area contributed by atoms with Crippen molar-refractivity contribution < 1.29 is 24.8 Å². The second-order valence-corrected chi connectivity index (χ2v) is 8.34. The fraction of sp³-hybridized carbons (Fsp3) is 0.480. The van der Waals surface area contributed by atoms with Gasteiger partial charge in [-0.2, -0.15) is 0 Å². The van der Waals surface area contributed by atoms with E-state index in [0.29, 0.717) is 17.0 Å². The highest BCUT2D eigenvalue weighted by atomic mass is 16.6. The SMILES string of the molecule is CCCCCCNc1nc(C#CCOc2ccccc2)nc2c1ncn2[C@@H]1O[C@H](CO)[C@H](O)[C@H]1O. The third-order valence-corrected chi connectivity index (χ3v) is 5.79. The van der Waals surface area contributed by atoms with Gasteiger partial charge in [-0.25, -0.2) is 15.0 Å². The Morgan fingerprint density at radius 3 is 2.69 bits per heavy atom. The van der Waals surface area contributed by atoms with Crippen molar-refractivity contribution in [3.63, 3.8) is 0 Å². The Morgan fingerprint density at radius 1 is 1.11 bits per heavy atom. The van der Waals surface area contributed by atoms with Crippen LogP contribution in [0.5, 0.6) is 5.75 Å². The average molecular weight is 482 g/mol. The standard InChI is InChI=1S/C25H31N5O5/c1-2-3-4-8-13-26-23-20-24(30(16-27-20)25-22(33)21(32)18(15-31)35-25)29-19(28-23)12-9-14-34-17-10-6-5-7-11-17/h5-7,10-11,16,18,21-22,25,31-33H,2-4,8,13-15H2,1H3,(H,26,28,29)/t18-,21+,22-,25-/m1/s1. The summed E-state index contributed by atoms with van der Waals surface area (Å²) in [7, 11) is 0. The Morgan fingerprint density at radius 2 is 1.94 bits per heavy atom. The number of imidazole rings is 1. The molecule has 35 heavy (non-hydrogen) atoms. The molecular formula is C25H31N5O5. The normalized spacial score (nSPS) is 21.6. The fourth-order valence-electron chi connectivity index (χ4n) is 3.90. The first-order valence-electron chi connectivity index (χ1n) is 11.9. The maximum atomic E-state index is 10.5. The van der Waals surface area contributed by atoms with Crippen LogP contribution in [0.25, 0.3) is 11.2 Å². The highest BCUT2D eigenvalue weighted by Crippen LogP contribution is 2.32. The summed E-state index contributed by atoms with van der Waals surface area (Å²) in [4.78, 5) is 13.5. The Labute approximate surface area is 204 Å². The first-order chi connectivity index (χ1) is 17.1. The lowest BCUT2D eigenvalue weighted by atomic mass is 10.1. The van der Waals surface area contributed by atoms with E-state index < -0.39 is 31.1 Å². The lowest BCUT2D eigenvalue weighted by molar-refractivity contribution is -0.0511. The summed E-state index contributed by atoms with van der Waals surface area (Å²) in [6.45, 7) is 2.63. The highest BCUT2D eigenvalue weighted by molar-refractivity contribution is 5.83. The molecule has 3 aromatic rings. The second-order valence-electron chi connectivity index (χ2n) is 8.34. The molecule has 4 N–H and O–H groups in total. The van der Waals surface area contributed by atoms with Gasteiger partial charge in [0.1, 0.15) is 30.7 Å². The minimum Gasteiger partial charge on any atom is -0.481 e. The van der Waals surface area contributed by atoms with Crippen LogP contribution in [0.3, 0.4) is 0 Å². The lowest BCUT2D eigenvalue weighted by Crippen LogP contribution is -2.33. The number of fused-ring (bicyclic) bond motifs is 1. The zero-order valence-electron chi connectivity index (χ0n) is 19.7. The Balaban J connectivity index is 1.59. The number of nitrogens with zero attached hydrogens (tertiary/aromatic N) is 4. The zero-order chi connectivity index (χ0) is 24.6. The molecule has 0 saturated carbocycles. The molecular weight excluding hydrogens is 450 g/mol. The second kappa shape index (κ2) is 12.0. The summed E-state index contributed by atoms with van der Waals surface area (Å²) in [5.41, 5.74) is 0.906. The van der Waals surface area contributed by atoms with Gasteiger partial charge in [-0.15, -0.1) is 0 Å². The predicted octanol–water partition coefficient (Wildman–Crippen LogP) is 1.86. The molecule has 1 aromatic carbocycles. The van der Waals surface area contributed by atoms with Crippen LogP contribution in [0, 0.1) is 11.8 Å². The molecule has 0 spiro atoms. The Hall–Kier alpha value is -3.23. The van der Waals surface area contributed by atoms with Crippen LogP contribution >= 0.6 is 0 Å². The summed E-state index contributed by atoms with van der Waals surface area (Å²) in [6.07, 6.45) is 1.56. The molecule has 0 unspecified atom stereocenters. The van der Waals surface area contributed by atoms with E-state index in [9.17, 15) is 15.3 Å². The number of ether oxygens (including phenoxy) is 2. The topological polar surface area (TPSA) is 135 Å². The molecule has 4 atom stereocenters. The van der Waals surface area contributed by atoms with Gasteiger partial charge in [-0.3, -0.25) is 4.57 Å². The number of hydrogen-bond acceptors (Lipinski definition) is 9. The molecule has 10 heteroatoms. The van der Waals surface area contributed by atoms with Gasteiger partial charge in [0.25, 0.3) is 0 Å². The zero-order valence-corrected chi connectivity index (χ0v) is 19.7.